The molecule has 0 aromatic carbocycles. The average Bonchev–Trinajstić information content (AvgIpc) is 3.08. The van der Waals surface area contributed by atoms with Crippen LogP contribution in [0, 0.1) is 40.9 Å². The van der Waals surface area contributed by atoms with Crippen LogP contribution in [0.4, 0.5) is 0 Å². The maximum atomic E-state index is 12.5. The highest BCUT2D eigenvalue weighted by molar-refractivity contribution is 5.33. The van der Waals surface area contributed by atoms with Gasteiger partial charge in [0.2, 0.25) is 0 Å². The molecular formula is C27H43NO8. The van der Waals surface area contributed by atoms with Crippen molar-refractivity contribution in [2.75, 3.05) is 13.1 Å². The van der Waals surface area contributed by atoms with Crippen LogP contribution in [0.15, 0.2) is 0 Å². The molecule has 204 valence electrons. The lowest BCUT2D eigenvalue weighted by atomic mass is 9.49. The molecule has 9 heteroatoms. The van der Waals surface area contributed by atoms with E-state index >= 15 is 0 Å². The second-order valence-corrected chi connectivity index (χ2v) is 14.2. The first-order valence-corrected chi connectivity index (χ1v) is 14.1. The van der Waals surface area contributed by atoms with E-state index in [9.17, 15) is 35.7 Å². The molecule has 9 nitrogen and oxygen atoms in total. The van der Waals surface area contributed by atoms with Gasteiger partial charge in [-0.3, -0.25) is 4.90 Å². The predicted molar refractivity (Wildman–Crippen MR) is 126 cm³/mol. The van der Waals surface area contributed by atoms with Crippen LogP contribution in [0.3, 0.4) is 0 Å². The highest BCUT2D eigenvalue weighted by Gasteiger charge is 2.86. The zero-order chi connectivity index (χ0) is 25.8. The van der Waals surface area contributed by atoms with E-state index in [0.717, 1.165) is 19.4 Å². The molecule has 4 saturated carbocycles. The Labute approximate surface area is 212 Å². The van der Waals surface area contributed by atoms with Gasteiger partial charge in [-0.05, 0) is 63.2 Å². The van der Waals surface area contributed by atoms with Crippen LogP contribution in [0.25, 0.3) is 0 Å². The molecule has 0 aromatic rings. The van der Waals surface area contributed by atoms with Crippen LogP contribution in [-0.4, -0.2) is 107 Å². The second kappa shape index (κ2) is 7.04. The lowest BCUT2D eigenvalue weighted by Crippen LogP contribution is -2.76. The Hall–Kier alpha value is -0.360. The molecular weight excluding hydrogens is 466 g/mol. The molecule has 7 aliphatic rings. The van der Waals surface area contributed by atoms with Gasteiger partial charge in [-0.15, -0.1) is 0 Å². The van der Waals surface area contributed by atoms with Gasteiger partial charge in [-0.1, -0.05) is 13.8 Å². The van der Waals surface area contributed by atoms with E-state index in [1.807, 2.05) is 6.92 Å². The molecule has 0 unspecified atom stereocenters. The number of aliphatic hydroxyl groups excluding tert-OH is 4. The Morgan fingerprint density at radius 3 is 2.39 bits per heavy atom. The highest BCUT2D eigenvalue weighted by atomic mass is 16.7. The van der Waals surface area contributed by atoms with Crippen molar-refractivity contribution in [3.63, 3.8) is 0 Å². The number of fused-ring (bicyclic) bond motifs is 5. The van der Waals surface area contributed by atoms with E-state index in [0.29, 0.717) is 31.7 Å². The highest BCUT2D eigenvalue weighted by Crippen LogP contribution is 2.76. The van der Waals surface area contributed by atoms with Crippen molar-refractivity contribution in [3.8, 4) is 0 Å². The molecule has 4 aliphatic carbocycles. The molecule has 3 aliphatic heterocycles. The summed E-state index contributed by atoms with van der Waals surface area (Å²) >= 11 is 0. The van der Waals surface area contributed by atoms with E-state index < -0.39 is 76.1 Å². The normalized spacial score (nSPS) is 68.0. The summed E-state index contributed by atoms with van der Waals surface area (Å²) in [5.74, 6) is -4.29. The quantitative estimate of drug-likeness (QED) is 0.222. The molecule has 0 amide bonds. The Kier molecular flexibility index (Phi) is 4.82. The van der Waals surface area contributed by atoms with Gasteiger partial charge in [0.05, 0.1) is 23.4 Å². The largest absolute Gasteiger partial charge is 0.393 e. The van der Waals surface area contributed by atoms with Gasteiger partial charge in [-0.2, -0.15) is 0 Å². The monoisotopic (exact) mass is 509 g/mol. The number of rotatable bonds is 0. The number of nitrogens with zero attached hydrogens (tertiary/aromatic N) is 1. The summed E-state index contributed by atoms with van der Waals surface area (Å²) in [5, 5.41) is 81.4. The lowest BCUT2D eigenvalue weighted by molar-refractivity contribution is -0.295. The third kappa shape index (κ3) is 2.46. The molecule has 3 saturated heterocycles. The average molecular weight is 510 g/mol. The molecule has 7 rings (SSSR count). The van der Waals surface area contributed by atoms with E-state index in [1.165, 1.54) is 0 Å². The van der Waals surface area contributed by atoms with Crippen molar-refractivity contribution in [3.05, 3.63) is 0 Å². The summed E-state index contributed by atoms with van der Waals surface area (Å²) in [6.45, 7) is 7.40. The van der Waals surface area contributed by atoms with Gasteiger partial charge in [0.1, 0.15) is 17.8 Å². The standard InChI is InChI=1S/C27H43NO8/c1-12-4-5-17-24(3,33)19-13(11-28(17)10-12)14-9-25-21(26(14,34)22(32)20(19)31)15(29)8-16-23(25,2)7-6-18(30)27(16,35)36-25/h12-22,29-35H,4-11H2,1-3H3/t12-,13-,14-,15+,16-,17-,18-,19+,20+,21+,22-,23-,24+,25+,26-,27+/m0/s1. The first-order valence-electron chi connectivity index (χ1n) is 14.1. The number of piperidine rings is 2. The molecule has 0 aromatic heterocycles. The second-order valence-electron chi connectivity index (χ2n) is 14.2. The molecule has 7 N–H and O–H groups in total. The first kappa shape index (κ1) is 24.7. The van der Waals surface area contributed by atoms with Gasteiger partial charge in [0, 0.05) is 42.3 Å². The van der Waals surface area contributed by atoms with E-state index in [1.54, 1.807) is 6.92 Å². The molecule has 7 fully saturated rings. The Balaban J connectivity index is 1.37. The minimum absolute atomic E-state index is 0.130. The van der Waals surface area contributed by atoms with E-state index in [4.69, 9.17) is 4.74 Å². The lowest BCUT2D eigenvalue weighted by Gasteiger charge is -2.63. The van der Waals surface area contributed by atoms with Crippen LogP contribution in [0.2, 0.25) is 0 Å². The van der Waals surface area contributed by atoms with Crippen LogP contribution < -0.4 is 0 Å². The summed E-state index contributed by atoms with van der Waals surface area (Å²) in [5.41, 5.74) is -4.88. The zero-order valence-corrected chi connectivity index (χ0v) is 21.5. The van der Waals surface area contributed by atoms with Crippen molar-refractivity contribution >= 4 is 0 Å². The fraction of sp³-hybridized carbons (Fsp3) is 1.00. The van der Waals surface area contributed by atoms with Crippen molar-refractivity contribution in [1.29, 1.82) is 0 Å². The fourth-order valence-corrected chi connectivity index (χ4v) is 11.4. The summed E-state index contributed by atoms with van der Waals surface area (Å²) < 4.78 is 6.51. The summed E-state index contributed by atoms with van der Waals surface area (Å²) in [4.78, 5) is 2.30. The van der Waals surface area contributed by atoms with E-state index in [2.05, 4.69) is 11.8 Å². The molecule has 1 spiro atoms. The maximum absolute atomic E-state index is 12.5. The van der Waals surface area contributed by atoms with Crippen molar-refractivity contribution in [2.45, 2.75) is 112 Å². The number of ether oxygens (including phenoxy) is 1. The molecule has 3 heterocycles. The predicted octanol–water partition coefficient (Wildman–Crippen LogP) is -0.814. The zero-order valence-electron chi connectivity index (χ0n) is 21.5. The topological polar surface area (TPSA) is 154 Å². The fourth-order valence-electron chi connectivity index (χ4n) is 11.4. The molecule has 36 heavy (non-hydrogen) atoms. The van der Waals surface area contributed by atoms with Crippen molar-refractivity contribution in [2.24, 2.45) is 40.9 Å². The first-order chi connectivity index (χ1) is 16.7. The minimum atomic E-state index is -1.85. The van der Waals surface area contributed by atoms with Gasteiger partial charge < -0.3 is 40.5 Å². The van der Waals surface area contributed by atoms with Crippen molar-refractivity contribution in [1.82, 2.24) is 4.90 Å². The summed E-state index contributed by atoms with van der Waals surface area (Å²) in [6.07, 6.45) is -1.92. The third-order valence-corrected chi connectivity index (χ3v) is 12.8. The van der Waals surface area contributed by atoms with Crippen LogP contribution in [0.1, 0.15) is 59.3 Å². The van der Waals surface area contributed by atoms with Crippen LogP contribution >= 0.6 is 0 Å². The number of hydrogen-bond donors (Lipinski definition) is 7. The Bertz CT molecular complexity index is 964. The summed E-state index contributed by atoms with van der Waals surface area (Å²) in [6, 6.07) is -0.130. The van der Waals surface area contributed by atoms with Crippen LogP contribution in [0.5, 0.6) is 0 Å². The SMILES string of the molecule is C[C@H]1CC[C@@H]2N(C1)C[C@@H]1[C@H]([C@@H](O)[C@H](O)[C@]3(O)[C@H]1C[C@@]14O[C@]5(O)[C@@H](C[C@@H](O)[C@@H]31)[C@]4(C)CC[C@@H]5O)[C@]2(C)O. The van der Waals surface area contributed by atoms with Gasteiger partial charge >= 0.3 is 0 Å². The van der Waals surface area contributed by atoms with Crippen LogP contribution in [-0.2, 0) is 4.74 Å². The summed E-state index contributed by atoms with van der Waals surface area (Å²) in [7, 11) is 0. The Morgan fingerprint density at radius 1 is 0.944 bits per heavy atom. The van der Waals surface area contributed by atoms with Gasteiger partial charge in [0.15, 0.2) is 5.79 Å². The van der Waals surface area contributed by atoms with E-state index in [-0.39, 0.29) is 18.4 Å². The molecule has 4 bridgehead atoms. The van der Waals surface area contributed by atoms with Gasteiger partial charge in [0.25, 0.3) is 0 Å². The molecule has 16 atom stereocenters. The van der Waals surface area contributed by atoms with Crippen molar-refractivity contribution < 1.29 is 40.5 Å². The smallest absolute Gasteiger partial charge is 0.196 e. The minimum Gasteiger partial charge on any atom is -0.393 e. The maximum Gasteiger partial charge on any atom is 0.196 e. The third-order valence-electron chi connectivity index (χ3n) is 12.8. The number of aliphatic hydroxyl groups is 7. The number of hydrogen-bond acceptors (Lipinski definition) is 9. The molecule has 0 radical (unpaired) electrons. The van der Waals surface area contributed by atoms with Gasteiger partial charge in [-0.25, -0.2) is 0 Å². The Morgan fingerprint density at radius 2 is 1.67 bits per heavy atom.